The molecule has 0 nitrogen and oxygen atoms in total. The zero-order valence-electron chi connectivity index (χ0n) is 9.28. The van der Waals surface area contributed by atoms with Gasteiger partial charge in [0.05, 0.1) is 0 Å². The number of fused-ring (bicyclic) bond motifs is 1. The standard InChI is InChI=1S/C14H18S/c1-14-8-7-13(9-11(14)10-14)15-12-5-3-2-4-6-12/h2-6,11,13H,7-10H2,1H3/t11-,13+,14+/m0/s1. The van der Waals surface area contributed by atoms with Gasteiger partial charge in [0.1, 0.15) is 0 Å². The van der Waals surface area contributed by atoms with Crippen molar-refractivity contribution in [1.82, 2.24) is 0 Å². The molecule has 0 amide bonds. The van der Waals surface area contributed by atoms with Gasteiger partial charge < -0.3 is 0 Å². The van der Waals surface area contributed by atoms with Crippen molar-refractivity contribution in [3.8, 4) is 0 Å². The van der Waals surface area contributed by atoms with Gasteiger partial charge in [-0.25, -0.2) is 0 Å². The van der Waals surface area contributed by atoms with E-state index < -0.39 is 0 Å². The van der Waals surface area contributed by atoms with Crippen molar-refractivity contribution < 1.29 is 0 Å². The van der Waals surface area contributed by atoms with E-state index >= 15 is 0 Å². The summed E-state index contributed by atoms with van der Waals surface area (Å²) >= 11 is 2.09. The third kappa shape index (κ3) is 1.94. The second-order valence-electron chi connectivity index (χ2n) is 5.38. The highest BCUT2D eigenvalue weighted by atomic mass is 32.2. The summed E-state index contributed by atoms with van der Waals surface area (Å²) in [6.07, 6.45) is 5.84. The Morgan fingerprint density at radius 3 is 2.80 bits per heavy atom. The lowest BCUT2D eigenvalue weighted by atomic mass is 9.90. The molecule has 2 saturated carbocycles. The van der Waals surface area contributed by atoms with Crippen molar-refractivity contribution >= 4 is 11.8 Å². The monoisotopic (exact) mass is 218 g/mol. The highest BCUT2D eigenvalue weighted by Gasteiger charge is 2.52. The van der Waals surface area contributed by atoms with Gasteiger partial charge in [-0.1, -0.05) is 25.1 Å². The van der Waals surface area contributed by atoms with Crippen LogP contribution in [0, 0.1) is 11.3 Å². The van der Waals surface area contributed by atoms with Crippen LogP contribution in [-0.2, 0) is 0 Å². The summed E-state index contributed by atoms with van der Waals surface area (Å²) < 4.78 is 0. The van der Waals surface area contributed by atoms with E-state index in [1.807, 2.05) is 0 Å². The molecule has 0 saturated heterocycles. The van der Waals surface area contributed by atoms with E-state index in [2.05, 4.69) is 49.0 Å². The molecule has 2 fully saturated rings. The van der Waals surface area contributed by atoms with Crippen molar-refractivity contribution in [2.24, 2.45) is 11.3 Å². The van der Waals surface area contributed by atoms with Crippen LogP contribution in [0.5, 0.6) is 0 Å². The fourth-order valence-corrected chi connectivity index (χ4v) is 4.17. The molecule has 0 aromatic heterocycles. The lowest BCUT2D eigenvalue weighted by Gasteiger charge is -2.25. The molecule has 3 rings (SSSR count). The molecule has 3 atom stereocenters. The minimum absolute atomic E-state index is 0.758. The molecule has 0 heterocycles. The first-order valence-electron chi connectivity index (χ1n) is 5.98. The zero-order chi connectivity index (χ0) is 10.3. The molecular weight excluding hydrogens is 200 g/mol. The summed E-state index contributed by atoms with van der Waals surface area (Å²) in [5.74, 6) is 1.05. The third-order valence-corrected chi connectivity index (χ3v) is 5.47. The molecule has 15 heavy (non-hydrogen) atoms. The van der Waals surface area contributed by atoms with Gasteiger partial charge in [-0.2, -0.15) is 0 Å². The Morgan fingerprint density at radius 1 is 1.27 bits per heavy atom. The Balaban J connectivity index is 1.61. The Kier molecular flexibility index (Phi) is 2.31. The van der Waals surface area contributed by atoms with E-state index in [-0.39, 0.29) is 0 Å². The maximum Gasteiger partial charge on any atom is 0.00974 e. The molecular formula is C14H18S. The van der Waals surface area contributed by atoms with Crippen molar-refractivity contribution in [2.45, 2.75) is 42.8 Å². The number of thioether (sulfide) groups is 1. The predicted octanol–water partition coefficient (Wildman–Crippen LogP) is 4.36. The van der Waals surface area contributed by atoms with Crippen LogP contribution >= 0.6 is 11.8 Å². The van der Waals surface area contributed by atoms with Crippen LogP contribution in [0.15, 0.2) is 35.2 Å². The smallest absolute Gasteiger partial charge is 0.00974 e. The largest absolute Gasteiger partial charge is 0.123 e. The third-order valence-electron chi connectivity index (χ3n) is 4.17. The van der Waals surface area contributed by atoms with Gasteiger partial charge in [-0.3, -0.25) is 0 Å². The van der Waals surface area contributed by atoms with E-state index in [1.54, 1.807) is 0 Å². The first-order valence-corrected chi connectivity index (χ1v) is 6.86. The van der Waals surface area contributed by atoms with E-state index in [1.165, 1.54) is 30.6 Å². The van der Waals surface area contributed by atoms with Crippen LogP contribution in [-0.4, -0.2) is 5.25 Å². The second-order valence-corrected chi connectivity index (χ2v) is 6.76. The molecule has 0 aliphatic heterocycles. The summed E-state index contributed by atoms with van der Waals surface area (Å²) in [5.41, 5.74) is 0.758. The summed E-state index contributed by atoms with van der Waals surface area (Å²) in [6, 6.07) is 10.9. The molecule has 0 unspecified atom stereocenters. The lowest BCUT2D eigenvalue weighted by molar-refractivity contribution is 0.373. The summed E-state index contributed by atoms with van der Waals surface area (Å²) in [4.78, 5) is 1.45. The number of rotatable bonds is 2. The van der Waals surface area contributed by atoms with Crippen molar-refractivity contribution in [3.63, 3.8) is 0 Å². The number of hydrogen-bond acceptors (Lipinski definition) is 1. The molecule has 1 aromatic rings. The predicted molar refractivity (Wildman–Crippen MR) is 66.2 cm³/mol. The van der Waals surface area contributed by atoms with Gasteiger partial charge in [-0.15, -0.1) is 11.8 Å². The summed E-state index contributed by atoms with van der Waals surface area (Å²) in [7, 11) is 0. The Hall–Kier alpha value is -0.430. The van der Waals surface area contributed by atoms with Crippen LogP contribution in [0.4, 0.5) is 0 Å². The van der Waals surface area contributed by atoms with Crippen LogP contribution in [0.25, 0.3) is 0 Å². The van der Waals surface area contributed by atoms with Crippen LogP contribution in [0.1, 0.15) is 32.6 Å². The van der Waals surface area contributed by atoms with Crippen molar-refractivity contribution in [2.75, 3.05) is 0 Å². The second kappa shape index (κ2) is 3.55. The summed E-state index contributed by atoms with van der Waals surface area (Å²) in [5, 5.41) is 0.882. The average molecular weight is 218 g/mol. The van der Waals surface area contributed by atoms with Gasteiger partial charge in [0, 0.05) is 10.1 Å². The number of hydrogen-bond donors (Lipinski definition) is 0. The van der Waals surface area contributed by atoms with E-state index in [0.29, 0.717) is 0 Å². The fraction of sp³-hybridized carbons (Fsp3) is 0.571. The maximum absolute atomic E-state index is 2.47. The van der Waals surface area contributed by atoms with E-state index in [9.17, 15) is 0 Å². The Morgan fingerprint density at radius 2 is 2.07 bits per heavy atom. The highest BCUT2D eigenvalue weighted by molar-refractivity contribution is 8.00. The van der Waals surface area contributed by atoms with Gasteiger partial charge in [0.2, 0.25) is 0 Å². The van der Waals surface area contributed by atoms with Crippen LogP contribution in [0.3, 0.4) is 0 Å². The SMILES string of the molecule is C[C@]12CC[C@@H](Sc3ccccc3)C[C@H]1C2. The van der Waals surface area contributed by atoms with Crippen LogP contribution in [0.2, 0.25) is 0 Å². The van der Waals surface area contributed by atoms with Gasteiger partial charge in [-0.05, 0) is 49.1 Å². The minimum Gasteiger partial charge on any atom is -0.123 e. The molecule has 1 heteroatoms. The maximum atomic E-state index is 2.47. The first-order chi connectivity index (χ1) is 7.26. The Labute approximate surface area is 96.5 Å². The molecule has 1 aromatic carbocycles. The van der Waals surface area contributed by atoms with Crippen molar-refractivity contribution in [3.05, 3.63) is 30.3 Å². The number of benzene rings is 1. The molecule has 2 aliphatic carbocycles. The fourth-order valence-electron chi connectivity index (χ4n) is 2.90. The molecule has 2 aliphatic rings. The molecule has 80 valence electrons. The molecule has 0 spiro atoms. The molecule has 0 radical (unpaired) electrons. The lowest BCUT2D eigenvalue weighted by Crippen LogP contribution is -2.15. The normalized spacial score (nSPS) is 38.5. The first kappa shape index (κ1) is 9.77. The van der Waals surface area contributed by atoms with Gasteiger partial charge in [0.15, 0.2) is 0 Å². The van der Waals surface area contributed by atoms with E-state index in [4.69, 9.17) is 0 Å². The zero-order valence-corrected chi connectivity index (χ0v) is 10.1. The van der Waals surface area contributed by atoms with Crippen LogP contribution < -0.4 is 0 Å². The molecule has 0 N–H and O–H groups in total. The topological polar surface area (TPSA) is 0 Å². The highest BCUT2D eigenvalue weighted by Crippen LogP contribution is 2.62. The quantitative estimate of drug-likeness (QED) is 0.711. The summed E-state index contributed by atoms with van der Waals surface area (Å²) in [6.45, 7) is 2.47. The van der Waals surface area contributed by atoms with Crippen molar-refractivity contribution in [1.29, 1.82) is 0 Å². The molecule has 0 bridgehead atoms. The van der Waals surface area contributed by atoms with Gasteiger partial charge in [0.25, 0.3) is 0 Å². The van der Waals surface area contributed by atoms with Gasteiger partial charge >= 0.3 is 0 Å². The van der Waals surface area contributed by atoms with E-state index in [0.717, 1.165) is 16.6 Å². The minimum atomic E-state index is 0.758. The Bertz CT molecular complexity index is 346. The average Bonchev–Trinajstić information content (AvgIpc) is 2.91.